The molecule has 86 valence electrons. The zero-order valence-corrected chi connectivity index (χ0v) is 9.65. The summed E-state index contributed by atoms with van der Waals surface area (Å²) in [4.78, 5) is 17.9. The number of rotatable bonds is 2. The second-order valence-corrected chi connectivity index (χ2v) is 4.23. The SMILES string of the molecule is NC[C@@H]1CCCN1C(=O)c1cccnc1Cl. The summed E-state index contributed by atoms with van der Waals surface area (Å²) in [5.41, 5.74) is 6.10. The molecule has 4 nitrogen and oxygen atoms in total. The van der Waals surface area contributed by atoms with Crippen molar-refractivity contribution in [3.63, 3.8) is 0 Å². The smallest absolute Gasteiger partial charge is 0.257 e. The van der Waals surface area contributed by atoms with Crippen molar-refractivity contribution in [1.82, 2.24) is 9.88 Å². The Morgan fingerprint density at radius 3 is 3.19 bits per heavy atom. The largest absolute Gasteiger partial charge is 0.334 e. The van der Waals surface area contributed by atoms with Crippen LogP contribution in [0.15, 0.2) is 18.3 Å². The van der Waals surface area contributed by atoms with Crippen LogP contribution >= 0.6 is 11.6 Å². The third-order valence-corrected chi connectivity index (χ3v) is 3.20. The van der Waals surface area contributed by atoms with Crippen molar-refractivity contribution < 1.29 is 4.79 Å². The average molecular weight is 240 g/mol. The van der Waals surface area contributed by atoms with E-state index in [0.717, 1.165) is 19.4 Å². The molecule has 0 aliphatic carbocycles. The minimum atomic E-state index is -0.0638. The van der Waals surface area contributed by atoms with E-state index in [-0.39, 0.29) is 17.1 Å². The van der Waals surface area contributed by atoms with Crippen LogP contribution in [0.1, 0.15) is 23.2 Å². The summed E-state index contributed by atoms with van der Waals surface area (Å²) < 4.78 is 0. The molecule has 5 heteroatoms. The summed E-state index contributed by atoms with van der Waals surface area (Å²) in [5, 5.41) is 0.259. The summed E-state index contributed by atoms with van der Waals surface area (Å²) >= 11 is 5.90. The molecule has 0 radical (unpaired) electrons. The van der Waals surface area contributed by atoms with Gasteiger partial charge in [-0.15, -0.1) is 0 Å². The van der Waals surface area contributed by atoms with Crippen molar-refractivity contribution in [2.75, 3.05) is 13.1 Å². The molecular formula is C11H14ClN3O. The minimum Gasteiger partial charge on any atom is -0.334 e. The molecule has 1 aromatic rings. The van der Waals surface area contributed by atoms with Gasteiger partial charge < -0.3 is 10.6 Å². The molecule has 16 heavy (non-hydrogen) atoms. The molecule has 1 amide bonds. The van der Waals surface area contributed by atoms with Gasteiger partial charge in [0.2, 0.25) is 0 Å². The number of hydrogen-bond acceptors (Lipinski definition) is 3. The third-order valence-electron chi connectivity index (χ3n) is 2.90. The van der Waals surface area contributed by atoms with E-state index in [1.165, 1.54) is 0 Å². The molecule has 1 aliphatic heterocycles. The fraction of sp³-hybridized carbons (Fsp3) is 0.455. The molecule has 1 saturated heterocycles. The van der Waals surface area contributed by atoms with Crippen LogP contribution in [0.25, 0.3) is 0 Å². The van der Waals surface area contributed by atoms with Crippen LogP contribution in [0.3, 0.4) is 0 Å². The molecule has 1 aromatic heterocycles. The second kappa shape index (κ2) is 4.80. The first-order valence-electron chi connectivity index (χ1n) is 5.35. The Balaban J connectivity index is 2.22. The van der Waals surface area contributed by atoms with Crippen molar-refractivity contribution in [2.45, 2.75) is 18.9 Å². The Morgan fingerprint density at radius 2 is 2.50 bits per heavy atom. The Labute approximate surface area is 99.4 Å². The molecule has 2 N–H and O–H groups in total. The zero-order valence-electron chi connectivity index (χ0n) is 8.90. The van der Waals surface area contributed by atoms with E-state index in [9.17, 15) is 4.79 Å². The average Bonchev–Trinajstić information content (AvgIpc) is 2.77. The summed E-state index contributed by atoms with van der Waals surface area (Å²) in [6, 6.07) is 3.56. The standard InChI is InChI=1S/C11H14ClN3O/c12-10-9(4-1-5-14-10)11(16)15-6-2-3-8(15)7-13/h1,4-5,8H,2-3,6-7,13H2/t8-/m0/s1. The number of likely N-dealkylation sites (tertiary alicyclic amines) is 1. The molecule has 1 aliphatic rings. The van der Waals surface area contributed by atoms with Crippen LogP contribution in [0, 0.1) is 0 Å². The Kier molecular flexibility index (Phi) is 3.41. The molecular weight excluding hydrogens is 226 g/mol. The number of nitrogens with two attached hydrogens (primary N) is 1. The minimum absolute atomic E-state index is 0.0638. The summed E-state index contributed by atoms with van der Waals surface area (Å²) in [7, 11) is 0. The predicted molar refractivity (Wildman–Crippen MR) is 62.4 cm³/mol. The predicted octanol–water partition coefficient (Wildman–Crippen LogP) is 1.30. The molecule has 0 spiro atoms. The van der Waals surface area contributed by atoms with E-state index in [2.05, 4.69) is 4.98 Å². The van der Waals surface area contributed by atoms with E-state index in [4.69, 9.17) is 17.3 Å². The fourth-order valence-electron chi connectivity index (χ4n) is 2.05. The lowest BCUT2D eigenvalue weighted by molar-refractivity contribution is 0.0741. The van der Waals surface area contributed by atoms with Crippen molar-refractivity contribution in [3.8, 4) is 0 Å². The van der Waals surface area contributed by atoms with Gasteiger partial charge in [0.05, 0.1) is 5.56 Å². The molecule has 2 heterocycles. The molecule has 1 atom stereocenters. The Hall–Kier alpha value is -1.13. The number of hydrogen-bond donors (Lipinski definition) is 1. The van der Waals surface area contributed by atoms with Crippen molar-refractivity contribution >= 4 is 17.5 Å². The molecule has 0 aromatic carbocycles. The lowest BCUT2D eigenvalue weighted by Crippen LogP contribution is -2.40. The maximum Gasteiger partial charge on any atom is 0.257 e. The summed E-state index contributed by atoms with van der Waals surface area (Å²) in [6.07, 6.45) is 3.55. The zero-order chi connectivity index (χ0) is 11.5. The van der Waals surface area contributed by atoms with Crippen LogP contribution in [-0.4, -0.2) is 34.9 Å². The van der Waals surface area contributed by atoms with Gasteiger partial charge in [-0.3, -0.25) is 4.79 Å². The van der Waals surface area contributed by atoms with Crippen LogP contribution in [0.2, 0.25) is 5.15 Å². The number of carbonyl (C=O) groups is 1. The number of carbonyl (C=O) groups excluding carboxylic acids is 1. The van der Waals surface area contributed by atoms with Gasteiger partial charge in [0.25, 0.3) is 5.91 Å². The van der Waals surface area contributed by atoms with Gasteiger partial charge >= 0.3 is 0 Å². The first kappa shape index (κ1) is 11.4. The lowest BCUT2D eigenvalue weighted by Gasteiger charge is -2.23. The van der Waals surface area contributed by atoms with E-state index in [1.807, 2.05) is 0 Å². The highest BCUT2D eigenvalue weighted by atomic mass is 35.5. The van der Waals surface area contributed by atoms with Gasteiger partial charge in [-0.2, -0.15) is 0 Å². The van der Waals surface area contributed by atoms with E-state index < -0.39 is 0 Å². The van der Waals surface area contributed by atoms with E-state index in [1.54, 1.807) is 23.2 Å². The van der Waals surface area contributed by atoms with Gasteiger partial charge in [0.1, 0.15) is 5.15 Å². The van der Waals surface area contributed by atoms with Gasteiger partial charge in [-0.25, -0.2) is 4.98 Å². The highest BCUT2D eigenvalue weighted by Gasteiger charge is 2.29. The summed E-state index contributed by atoms with van der Waals surface area (Å²) in [5.74, 6) is -0.0638. The Morgan fingerprint density at radius 1 is 1.69 bits per heavy atom. The van der Waals surface area contributed by atoms with Crippen LogP contribution in [0.5, 0.6) is 0 Å². The maximum absolute atomic E-state index is 12.2. The van der Waals surface area contributed by atoms with E-state index >= 15 is 0 Å². The van der Waals surface area contributed by atoms with Gasteiger partial charge in [0, 0.05) is 25.3 Å². The molecule has 2 rings (SSSR count). The summed E-state index contributed by atoms with van der Waals surface area (Å²) in [6.45, 7) is 1.26. The second-order valence-electron chi connectivity index (χ2n) is 3.87. The van der Waals surface area contributed by atoms with Crippen LogP contribution < -0.4 is 5.73 Å². The molecule has 0 saturated carbocycles. The molecule has 0 bridgehead atoms. The monoisotopic (exact) mass is 239 g/mol. The normalized spacial score (nSPS) is 20.1. The number of nitrogens with zero attached hydrogens (tertiary/aromatic N) is 2. The molecule has 0 unspecified atom stereocenters. The first-order chi connectivity index (χ1) is 7.74. The number of amides is 1. The highest BCUT2D eigenvalue weighted by Crippen LogP contribution is 2.21. The molecule has 1 fully saturated rings. The van der Waals surface area contributed by atoms with Crippen LogP contribution in [0.4, 0.5) is 0 Å². The van der Waals surface area contributed by atoms with Gasteiger partial charge in [-0.1, -0.05) is 11.6 Å². The van der Waals surface area contributed by atoms with Crippen molar-refractivity contribution in [3.05, 3.63) is 29.0 Å². The fourth-order valence-corrected chi connectivity index (χ4v) is 2.25. The van der Waals surface area contributed by atoms with Crippen molar-refractivity contribution in [2.24, 2.45) is 5.73 Å². The van der Waals surface area contributed by atoms with Gasteiger partial charge in [-0.05, 0) is 25.0 Å². The van der Waals surface area contributed by atoms with Crippen molar-refractivity contribution in [1.29, 1.82) is 0 Å². The van der Waals surface area contributed by atoms with Gasteiger partial charge in [0.15, 0.2) is 0 Å². The topological polar surface area (TPSA) is 59.2 Å². The number of halogens is 1. The number of pyridine rings is 1. The number of aromatic nitrogens is 1. The Bertz CT molecular complexity index is 397. The quantitative estimate of drug-likeness (QED) is 0.792. The lowest BCUT2D eigenvalue weighted by atomic mass is 10.2. The van der Waals surface area contributed by atoms with Crippen LogP contribution in [-0.2, 0) is 0 Å². The highest BCUT2D eigenvalue weighted by molar-refractivity contribution is 6.32. The van der Waals surface area contributed by atoms with E-state index in [0.29, 0.717) is 12.1 Å². The first-order valence-corrected chi connectivity index (χ1v) is 5.73. The third kappa shape index (κ3) is 2.03. The maximum atomic E-state index is 12.2.